The van der Waals surface area contributed by atoms with E-state index in [1.807, 2.05) is 0 Å². The molecule has 1 aliphatic heterocycles. The molecule has 0 bridgehead atoms. The molecule has 1 unspecified atom stereocenters. The van der Waals surface area contributed by atoms with E-state index in [-0.39, 0.29) is 24.5 Å². The van der Waals surface area contributed by atoms with E-state index in [1.54, 1.807) is 48.5 Å². The van der Waals surface area contributed by atoms with Crippen molar-refractivity contribution in [2.24, 2.45) is 16.6 Å². The van der Waals surface area contributed by atoms with Crippen LogP contribution in [0.2, 0.25) is 0 Å². The van der Waals surface area contributed by atoms with Crippen LogP contribution in [-0.2, 0) is 19.2 Å². The summed E-state index contributed by atoms with van der Waals surface area (Å²) < 4.78 is 4.74. The molecule has 0 fully saturated rings. The maximum Gasteiger partial charge on any atom is 0.310 e. The molecule has 0 saturated carbocycles. The second-order valence-corrected chi connectivity index (χ2v) is 7.00. The maximum atomic E-state index is 13.2. The second kappa shape index (κ2) is 8.66. The summed E-state index contributed by atoms with van der Waals surface area (Å²) in [5.41, 5.74) is 11.8. The van der Waals surface area contributed by atoms with Gasteiger partial charge in [0, 0.05) is 28.8 Å². The number of carbonyl (C=O) groups excluding carboxylic acids is 2. The number of ether oxygens (including phenoxy) is 1. The average molecular weight is 422 g/mol. The SMILES string of the molecule is COC(=O)CC1(C(=O)Nc2cccc(C(=N)N)c2)CC(c2cccc(C(=N)N)c2)=NO1. The molecule has 160 valence electrons. The van der Waals surface area contributed by atoms with Crippen LogP contribution >= 0.6 is 0 Å². The fourth-order valence-corrected chi connectivity index (χ4v) is 3.11. The number of methoxy groups -OCH3 is 1. The van der Waals surface area contributed by atoms with Gasteiger partial charge in [0.15, 0.2) is 0 Å². The molecule has 0 radical (unpaired) electrons. The molecule has 10 heteroatoms. The van der Waals surface area contributed by atoms with Crippen molar-refractivity contribution >= 4 is 34.9 Å². The Hall–Kier alpha value is -4.21. The summed E-state index contributed by atoms with van der Waals surface area (Å²) in [6.07, 6.45) is -0.358. The van der Waals surface area contributed by atoms with Crippen molar-refractivity contribution in [3.05, 3.63) is 65.2 Å². The molecule has 1 amide bonds. The molecule has 1 heterocycles. The van der Waals surface area contributed by atoms with E-state index in [1.165, 1.54) is 7.11 Å². The van der Waals surface area contributed by atoms with Crippen molar-refractivity contribution in [1.29, 1.82) is 10.8 Å². The van der Waals surface area contributed by atoms with Gasteiger partial charge in [-0.3, -0.25) is 20.4 Å². The minimum atomic E-state index is -1.62. The van der Waals surface area contributed by atoms with Gasteiger partial charge in [0.1, 0.15) is 11.7 Å². The van der Waals surface area contributed by atoms with Crippen molar-refractivity contribution < 1.29 is 19.2 Å². The van der Waals surface area contributed by atoms with Gasteiger partial charge in [-0.05, 0) is 18.2 Å². The number of benzene rings is 2. The Morgan fingerprint density at radius 2 is 1.77 bits per heavy atom. The number of rotatable bonds is 7. The summed E-state index contributed by atoms with van der Waals surface area (Å²) in [5, 5.41) is 21.9. The van der Waals surface area contributed by atoms with Crippen molar-refractivity contribution in [3.8, 4) is 0 Å². The third kappa shape index (κ3) is 4.69. The van der Waals surface area contributed by atoms with E-state index in [0.29, 0.717) is 28.1 Å². The number of hydrogen-bond donors (Lipinski definition) is 5. The largest absolute Gasteiger partial charge is 0.469 e. The molecule has 1 aliphatic rings. The Bertz CT molecular complexity index is 1100. The summed E-state index contributed by atoms with van der Waals surface area (Å²) in [5.74, 6) is -1.49. The molecular weight excluding hydrogens is 400 g/mol. The monoisotopic (exact) mass is 422 g/mol. The standard InChI is InChI=1S/C21H22N6O4/c1-30-17(28)11-21(20(29)26-15-7-3-6-14(9-15)19(24)25)10-16(27-31-21)12-4-2-5-13(8-12)18(22)23/h2-9H,10-11H2,1H3,(H3,22,23)(H3,24,25)(H,26,29). The van der Waals surface area contributed by atoms with E-state index in [4.69, 9.17) is 31.9 Å². The number of amidine groups is 2. The Balaban J connectivity index is 1.87. The van der Waals surface area contributed by atoms with Gasteiger partial charge in [-0.2, -0.15) is 0 Å². The van der Waals surface area contributed by atoms with Crippen LogP contribution in [0.1, 0.15) is 29.5 Å². The van der Waals surface area contributed by atoms with E-state index < -0.39 is 17.5 Å². The summed E-state index contributed by atoms with van der Waals surface area (Å²) in [7, 11) is 1.22. The molecule has 31 heavy (non-hydrogen) atoms. The number of amides is 1. The number of anilines is 1. The van der Waals surface area contributed by atoms with E-state index >= 15 is 0 Å². The average Bonchev–Trinajstić information content (AvgIpc) is 3.19. The highest BCUT2D eigenvalue weighted by atomic mass is 16.7. The Labute approximate surface area is 178 Å². The lowest BCUT2D eigenvalue weighted by Crippen LogP contribution is -2.45. The zero-order valence-corrected chi connectivity index (χ0v) is 16.8. The molecule has 2 aromatic carbocycles. The van der Waals surface area contributed by atoms with Gasteiger partial charge in [0.25, 0.3) is 5.91 Å². The summed E-state index contributed by atoms with van der Waals surface area (Å²) in [6, 6.07) is 13.2. The lowest BCUT2D eigenvalue weighted by Gasteiger charge is -2.24. The van der Waals surface area contributed by atoms with Crippen LogP contribution < -0.4 is 16.8 Å². The number of nitrogen functional groups attached to an aromatic ring is 2. The maximum absolute atomic E-state index is 13.2. The molecule has 10 nitrogen and oxygen atoms in total. The lowest BCUT2D eigenvalue weighted by atomic mass is 9.89. The first-order chi connectivity index (χ1) is 14.7. The van der Waals surface area contributed by atoms with Gasteiger partial charge in [-0.25, -0.2) is 0 Å². The number of esters is 1. The highest BCUT2D eigenvalue weighted by Gasteiger charge is 2.49. The van der Waals surface area contributed by atoms with Gasteiger partial charge >= 0.3 is 5.97 Å². The van der Waals surface area contributed by atoms with E-state index in [0.717, 1.165) is 0 Å². The van der Waals surface area contributed by atoms with Crippen molar-refractivity contribution in [2.75, 3.05) is 12.4 Å². The van der Waals surface area contributed by atoms with Gasteiger partial charge in [-0.1, -0.05) is 35.5 Å². The molecule has 0 saturated heterocycles. The van der Waals surface area contributed by atoms with E-state index in [9.17, 15) is 9.59 Å². The molecule has 0 aromatic heterocycles. The van der Waals surface area contributed by atoms with Crippen LogP contribution in [0.5, 0.6) is 0 Å². The Kier molecular flexibility index (Phi) is 6.00. The van der Waals surface area contributed by atoms with Crippen LogP contribution in [0.4, 0.5) is 5.69 Å². The first-order valence-electron chi connectivity index (χ1n) is 9.27. The third-order valence-corrected chi connectivity index (χ3v) is 4.79. The number of hydrogen-bond acceptors (Lipinski definition) is 7. The van der Waals surface area contributed by atoms with Gasteiger partial charge < -0.3 is 26.4 Å². The fourth-order valence-electron chi connectivity index (χ4n) is 3.11. The van der Waals surface area contributed by atoms with Crippen LogP contribution in [0, 0.1) is 10.8 Å². The zero-order chi connectivity index (χ0) is 22.6. The normalized spacial score (nSPS) is 17.3. The quantitative estimate of drug-likeness (QED) is 0.255. The lowest BCUT2D eigenvalue weighted by molar-refractivity contribution is -0.155. The first-order valence-corrected chi connectivity index (χ1v) is 9.27. The molecule has 0 spiro atoms. The van der Waals surface area contributed by atoms with Gasteiger partial charge in [0.05, 0.1) is 19.2 Å². The summed E-state index contributed by atoms with van der Waals surface area (Å²) in [6.45, 7) is 0. The fraction of sp³-hybridized carbons (Fsp3) is 0.190. The van der Waals surface area contributed by atoms with Crippen LogP contribution in [0.25, 0.3) is 0 Å². The topological polar surface area (TPSA) is 177 Å². The van der Waals surface area contributed by atoms with Crippen LogP contribution in [-0.4, -0.2) is 42.0 Å². The second-order valence-electron chi connectivity index (χ2n) is 7.00. The number of carbonyl (C=O) groups is 2. The molecule has 1 atom stereocenters. The molecule has 0 aliphatic carbocycles. The molecule has 2 aromatic rings. The van der Waals surface area contributed by atoms with Crippen molar-refractivity contribution in [1.82, 2.24) is 0 Å². The molecular formula is C21H22N6O4. The smallest absolute Gasteiger partial charge is 0.310 e. The van der Waals surface area contributed by atoms with Crippen LogP contribution in [0.15, 0.2) is 53.7 Å². The van der Waals surface area contributed by atoms with Crippen LogP contribution in [0.3, 0.4) is 0 Å². The van der Waals surface area contributed by atoms with Crippen molar-refractivity contribution in [3.63, 3.8) is 0 Å². The van der Waals surface area contributed by atoms with Crippen molar-refractivity contribution in [2.45, 2.75) is 18.4 Å². The van der Waals surface area contributed by atoms with Gasteiger partial charge in [-0.15, -0.1) is 0 Å². The predicted molar refractivity (Wildman–Crippen MR) is 115 cm³/mol. The minimum absolute atomic E-state index is 0.00168. The number of nitrogens with two attached hydrogens (primary N) is 2. The first kappa shape index (κ1) is 21.5. The van der Waals surface area contributed by atoms with E-state index in [2.05, 4.69) is 10.5 Å². The predicted octanol–water partition coefficient (Wildman–Crippen LogP) is 1.32. The number of oxime groups is 1. The Morgan fingerprint density at radius 3 is 2.42 bits per heavy atom. The third-order valence-electron chi connectivity index (χ3n) is 4.79. The Morgan fingerprint density at radius 1 is 1.13 bits per heavy atom. The number of nitrogens with zero attached hydrogens (tertiary/aromatic N) is 1. The highest BCUT2D eigenvalue weighted by molar-refractivity contribution is 6.10. The highest BCUT2D eigenvalue weighted by Crippen LogP contribution is 2.32. The molecule has 7 N–H and O–H groups in total. The summed E-state index contributed by atoms with van der Waals surface area (Å²) in [4.78, 5) is 30.7. The minimum Gasteiger partial charge on any atom is -0.469 e. The van der Waals surface area contributed by atoms with Gasteiger partial charge in [0.2, 0.25) is 5.60 Å². The number of nitrogens with one attached hydrogen (secondary N) is 3. The molecule has 3 rings (SSSR count). The zero-order valence-electron chi connectivity index (χ0n) is 16.8. The summed E-state index contributed by atoms with van der Waals surface area (Å²) >= 11 is 0.